The first-order chi connectivity index (χ1) is 11.4. The third-order valence-corrected chi connectivity index (χ3v) is 5.81. The number of carbonyl (C=O) groups excluding carboxylic acids is 2. The molecular formula is C17H16N2O4S. The Morgan fingerprint density at radius 2 is 1.75 bits per heavy atom. The number of Topliss-reactive ketones (excluding diaryl/α,β-unsaturated/α-hetero) is 1. The molecule has 1 aliphatic heterocycles. The van der Waals surface area contributed by atoms with Gasteiger partial charge in [0, 0.05) is 13.6 Å². The van der Waals surface area contributed by atoms with Crippen molar-refractivity contribution >= 4 is 27.4 Å². The van der Waals surface area contributed by atoms with Crippen LogP contribution in [0.2, 0.25) is 0 Å². The minimum absolute atomic E-state index is 0.00154. The molecule has 0 aromatic heterocycles. The van der Waals surface area contributed by atoms with E-state index in [2.05, 4.69) is 5.32 Å². The summed E-state index contributed by atoms with van der Waals surface area (Å²) in [5, 5.41) is 2.40. The second kappa shape index (κ2) is 6.18. The van der Waals surface area contributed by atoms with E-state index in [-0.39, 0.29) is 10.5 Å². The van der Waals surface area contributed by atoms with Crippen molar-refractivity contribution in [3.63, 3.8) is 0 Å². The number of hydrogen-bond acceptors (Lipinski definition) is 4. The molecule has 3 rings (SSSR count). The number of hydrogen-bond donors (Lipinski definition) is 1. The average molecular weight is 344 g/mol. The van der Waals surface area contributed by atoms with Gasteiger partial charge in [-0.25, -0.2) is 12.7 Å². The number of nitrogens with zero attached hydrogens (tertiary/aromatic N) is 1. The van der Waals surface area contributed by atoms with E-state index < -0.39 is 21.7 Å². The molecule has 1 amide bonds. The smallest absolute Gasteiger partial charge is 0.296 e. The summed E-state index contributed by atoms with van der Waals surface area (Å²) < 4.78 is 26.5. The van der Waals surface area contributed by atoms with Crippen molar-refractivity contribution in [3.8, 4) is 0 Å². The fraction of sp³-hybridized carbons (Fsp3) is 0.176. The van der Waals surface area contributed by atoms with Crippen molar-refractivity contribution in [1.82, 2.24) is 4.31 Å². The van der Waals surface area contributed by atoms with Gasteiger partial charge in [-0.3, -0.25) is 9.59 Å². The van der Waals surface area contributed by atoms with Crippen LogP contribution in [0.15, 0.2) is 53.4 Å². The number of anilines is 1. The zero-order valence-corrected chi connectivity index (χ0v) is 13.8. The van der Waals surface area contributed by atoms with Gasteiger partial charge < -0.3 is 5.32 Å². The molecule has 0 spiro atoms. The molecule has 2 aromatic rings. The number of rotatable bonds is 5. The molecule has 7 heteroatoms. The van der Waals surface area contributed by atoms with Crippen LogP contribution in [0, 0.1) is 0 Å². The Hall–Kier alpha value is -2.51. The lowest BCUT2D eigenvalue weighted by Crippen LogP contribution is -2.29. The van der Waals surface area contributed by atoms with Crippen LogP contribution in [-0.4, -0.2) is 38.0 Å². The molecule has 0 saturated heterocycles. The summed E-state index contributed by atoms with van der Waals surface area (Å²) in [6, 6.07) is 13.7. The van der Waals surface area contributed by atoms with Crippen molar-refractivity contribution in [2.45, 2.75) is 11.3 Å². The van der Waals surface area contributed by atoms with E-state index in [1.54, 1.807) is 0 Å². The highest BCUT2D eigenvalue weighted by molar-refractivity contribution is 7.89. The number of likely N-dealkylation sites (N-methyl/N-ethyl adjacent to an activating group) is 1. The number of amides is 1. The average Bonchev–Trinajstić information content (AvgIpc) is 2.87. The Kier molecular flexibility index (Phi) is 4.21. The molecule has 1 aliphatic rings. The van der Waals surface area contributed by atoms with Gasteiger partial charge in [0.15, 0.2) is 0 Å². The monoisotopic (exact) mass is 344 g/mol. The van der Waals surface area contributed by atoms with Crippen LogP contribution in [0.25, 0.3) is 0 Å². The van der Waals surface area contributed by atoms with Crippen LogP contribution in [0.5, 0.6) is 0 Å². The molecule has 0 bridgehead atoms. The van der Waals surface area contributed by atoms with Gasteiger partial charge in [-0.05, 0) is 30.2 Å². The normalized spacial score (nSPS) is 13.9. The summed E-state index contributed by atoms with van der Waals surface area (Å²) in [7, 11) is -2.23. The lowest BCUT2D eigenvalue weighted by molar-refractivity contribution is -0.112. The van der Waals surface area contributed by atoms with E-state index in [4.69, 9.17) is 0 Å². The van der Waals surface area contributed by atoms with Crippen LogP contribution in [0.4, 0.5) is 5.69 Å². The number of sulfonamides is 1. The van der Waals surface area contributed by atoms with Crippen LogP contribution in [-0.2, 0) is 21.2 Å². The maximum atomic E-state index is 12.7. The molecule has 0 atom stereocenters. The van der Waals surface area contributed by atoms with E-state index in [1.165, 1.54) is 29.6 Å². The van der Waals surface area contributed by atoms with Crippen molar-refractivity contribution in [2.75, 3.05) is 18.9 Å². The predicted molar refractivity (Wildman–Crippen MR) is 89.4 cm³/mol. The molecule has 1 heterocycles. The Morgan fingerprint density at radius 3 is 2.46 bits per heavy atom. The zero-order valence-electron chi connectivity index (χ0n) is 13.0. The predicted octanol–water partition coefficient (Wildman–Crippen LogP) is 1.68. The molecule has 0 aliphatic carbocycles. The Morgan fingerprint density at radius 1 is 1.04 bits per heavy atom. The Labute approximate surface area is 140 Å². The number of benzene rings is 2. The molecule has 0 fully saturated rings. The van der Waals surface area contributed by atoms with Crippen LogP contribution >= 0.6 is 0 Å². The molecule has 0 unspecified atom stereocenters. The van der Waals surface area contributed by atoms with E-state index in [1.807, 2.05) is 30.3 Å². The van der Waals surface area contributed by atoms with Gasteiger partial charge >= 0.3 is 0 Å². The first-order valence-corrected chi connectivity index (χ1v) is 8.83. The van der Waals surface area contributed by atoms with Gasteiger partial charge in [0.1, 0.15) is 0 Å². The second-order valence-corrected chi connectivity index (χ2v) is 7.60. The van der Waals surface area contributed by atoms with Gasteiger partial charge in [-0.15, -0.1) is 0 Å². The third-order valence-electron chi connectivity index (χ3n) is 3.96. The topological polar surface area (TPSA) is 83.6 Å². The second-order valence-electron chi connectivity index (χ2n) is 5.55. The SMILES string of the molecule is CN(CCc1ccccc1)S(=O)(=O)c1ccc2c(c1)C(=O)C(=O)N2. The summed E-state index contributed by atoms with van der Waals surface area (Å²) >= 11 is 0. The quantitative estimate of drug-likeness (QED) is 0.837. The van der Waals surface area contributed by atoms with E-state index in [0.29, 0.717) is 18.7 Å². The Bertz CT molecular complexity index is 907. The summed E-state index contributed by atoms with van der Waals surface area (Å²) in [6.07, 6.45) is 0.584. The lowest BCUT2D eigenvalue weighted by Gasteiger charge is -2.17. The summed E-state index contributed by atoms with van der Waals surface area (Å²) in [4.78, 5) is 23.1. The van der Waals surface area contributed by atoms with Crippen molar-refractivity contribution in [2.24, 2.45) is 0 Å². The van der Waals surface area contributed by atoms with Gasteiger partial charge in [-0.1, -0.05) is 30.3 Å². The first kappa shape index (κ1) is 16.4. The zero-order chi connectivity index (χ0) is 17.3. The summed E-state index contributed by atoms with van der Waals surface area (Å²) in [5.41, 5.74) is 1.48. The number of fused-ring (bicyclic) bond motifs is 1. The van der Waals surface area contributed by atoms with Crippen molar-refractivity contribution < 1.29 is 18.0 Å². The van der Waals surface area contributed by atoms with Crippen molar-refractivity contribution in [3.05, 3.63) is 59.7 Å². The molecule has 24 heavy (non-hydrogen) atoms. The molecule has 1 N–H and O–H groups in total. The fourth-order valence-electron chi connectivity index (χ4n) is 2.51. The van der Waals surface area contributed by atoms with E-state index in [0.717, 1.165) is 5.56 Å². The van der Waals surface area contributed by atoms with Gasteiger partial charge in [0.2, 0.25) is 10.0 Å². The molecule has 0 saturated carbocycles. The summed E-state index contributed by atoms with van der Waals surface area (Å²) in [6.45, 7) is 0.314. The third kappa shape index (κ3) is 2.95. The summed E-state index contributed by atoms with van der Waals surface area (Å²) in [5.74, 6) is -1.45. The number of ketones is 1. The highest BCUT2D eigenvalue weighted by atomic mass is 32.2. The highest BCUT2D eigenvalue weighted by Crippen LogP contribution is 2.27. The standard InChI is InChI=1S/C17H16N2O4S/c1-19(10-9-12-5-3-2-4-6-12)24(22,23)13-7-8-15-14(11-13)16(20)17(21)18-15/h2-8,11H,9-10H2,1H3,(H,18,20,21). The maximum Gasteiger partial charge on any atom is 0.296 e. The fourth-order valence-corrected chi connectivity index (χ4v) is 3.71. The molecule has 124 valence electrons. The molecule has 0 radical (unpaired) electrons. The first-order valence-electron chi connectivity index (χ1n) is 7.39. The van der Waals surface area contributed by atoms with Gasteiger partial charge in [-0.2, -0.15) is 0 Å². The Balaban J connectivity index is 1.80. The van der Waals surface area contributed by atoms with Crippen LogP contribution in [0.3, 0.4) is 0 Å². The minimum atomic E-state index is -3.73. The van der Waals surface area contributed by atoms with E-state index >= 15 is 0 Å². The minimum Gasteiger partial charge on any atom is -0.318 e. The lowest BCUT2D eigenvalue weighted by atomic mass is 10.1. The van der Waals surface area contributed by atoms with Crippen molar-refractivity contribution in [1.29, 1.82) is 0 Å². The number of nitrogens with one attached hydrogen (secondary N) is 1. The van der Waals surface area contributed by atoms with Crippen LogP contribution in [0.1, 0.15) is 15.9 Å². The maximum absolute atomic E-state index is 12.7. The van der Waals surface area contributed by atoms with Crippen LogP contribution < -0.4 is 5.32 Å². The largest absolute Gasteiger partial charge is 0.318 e. The van der Waals surface area contributed by atoms with E-state index in [9.17, 15) is 18.0 Å². The van der Waals surface area contributed by atoms with Gasteiger partial charge in [0.25, 0.3) is 11.7 Å². The molecule has 2 aromatic carbocycles. The number of carbonyl (C=O) groups is 2. The highest BCUT2D eigenvalue weighted by Gasteiger charge is 2.30. The van der Waals surface area contributed by atoms with Gasteiger partial charge in [0.05, 0.1) is 16.1 Å². The molecular weight excluding hydrogens is 328 g/mol. The molecule has 6 nitrogen and oxygen atoms in total.